The van der Waals surface area contributed by atoms with Gasteiger partial charge in [-0.25, -0.2) is 5.43 Å². The number of nitro benzene ring substituents is 1. The van der Waals surface area contributed by atoms with Gasteiger partial charge in [0, 0.05) is 23.4 Å². The van der Waals surface area contributed by atoms with E-state index in [4.69, 9.17) is 0 Å². The van der Waals surface area contributed by atoms with Gasteiger partial charge in [0.15, 0.2) is 0 Å². The smallest absolute Gasteiger partial charge is 0.267 e. The summed E-state index contributed by atoms with van der Waals surface area (Å²) in [6, 6.07) is 5.40. The van der Waals surface area contributed by atoms with Gasteiger partial charge >= 0.3 is 0 Å². The number of nitro groups is 1. The van der Waals surface area contributed by atoms with Gasteiger partial charge in [-0.3, -0.25) is 14.9 Å². The molecule has 0 saturated heterocycles. The predicted octanol–water partition coefficient (Wildman–Crippen LogP) is 2.75. The molecule has 0 heterocycles. The highest BCUT2D eigenvalue weighted by molar-refractivity contribution is 5.95. The van der Waals surface area contributed by atoms with Gasteiger partial charge in [0.25, 0.3) is 11.6 Å². The van der Waals surface area contributed by atoms with Crippen molar-refractivity contribution in [3.05, 3.63) is 39.9 Å². The van der Waals surface area contributed by atoms with Crippen molar-refractivity contribution in [3.63, 3.8) is 0 Å². The molecule has 0 aliphatic rings. The second kappa shape index (κ2) is 6.63. The van der Waals surface area contributed by atoms with E-state index in [0.29, 0.717) is 5.56 Å². The van der Waals surface area contributed by atoms with Crippen molar-refractivity contribution in [3.8, 4) is 0 Å². The van der Waals surface area contributed by atoms with Gasteiger partial charge < -0.3 is 0 Å². The van der Waals surface area contributed by atoms with Crippen molar-refractivity contribution in [1.29, 1.82) is 0 Å². The van der Waals surface area contributed by atoms with Crippen LogP contribution in [-0.4, -0.2) is 16.5 Å². The second-order valence-electron chi connectivity index (χ2n) is 4.36. The zero-order chi connectivity index (χ0) is 14.4. The number of carbonyl (C=O) groups excluding carboxylic acids is 1. The van der Waals surface area contributed by atoms with Crippen LogP contribution in [0.4, 0.5) is 5.69 Å². The molecule has 6 heteroatoms. The Morgan fingerprint density at radius 1 is 1.37 bits per heavy atom. The first-order valence-electron chi connectivity index (χ1n) is 6.07. The number of rotatable bonds is 5. The van der Waals surface area contributed by atoms with Crippen LogP contribution < -0.4 is 5.43 Å². The minimum Gasteiger partial charge on any atom is -0.267 e. The van der Waals surface area contributed by atoms with Gasteiger partial charge in [-0.15, -0.1) is 0 Å². The molecular weight excluding hydrogens is 246 g/mol. The van der Waals surface area contributed by atoms with Gasteiger partial charge in [-0.1, -0.05) is 20.8 Å². The van der Waals surface area contributed by atoms with Crippen LogP contribution in [0.25, 0.3) is 0 Å². The summed E-state index contributed by atoms with van der Waals surface area (Å²) < 4.78 is 0. The number of amides is 1. The van der Waals surface area contributed by atoms with Crippen LogP contribution in [0.15, 0.2) is 29.4 Å². The molecule has 0 saturated carbocycles. The van der Waals surface area contributed by atoms with Crippen LogP contribution in [0, 0.1) is 16.0 Å². The van der Waals surface area contributed by atoms with E-state index in [1.165, 1.54) is 24.3 Å². The number of carbonyl (C=O) groups is 1. The third-order valence-corrected chi connectivity index (χ3v) is 2.67. The average molecular weight is 263 g/mol. The topological polar surface area (TPSA) is 84.6 Å². The third kappa shape index (κ3) is 4.17. The van der Waals surface area contributed by atoms with Crippen molar-refractivity contribution in [2.75, 3.05) is 0 Å². The molecule has 1 N–H and O–H groups in total. The fraction of sp³-hybridized carbons (Fsp3) is 0.385. The lowest BCUT2D eigenvalue weighted by molar-refractivity contribution is -0.384. The maximum Gasteiger partial charge on any atom is 0.271 e. The van der Waals surface area contributed by atoms with Crippen molar-refractivity contribution in [2.45, 2.75) is 27.2 Å². The lowest BCUT2D eigenvalue weighted by Gasteiger charge is -2.07. The van der Waals surface area contributed by atoms with Crippen LogP contribution in [-0.2, 0) is 0 Å². The fourth-order valence-corrected chi connectivity index (χ4v) is 1.54. The monoisotopic (exact) mass is 263 g/mol. The molecule has 1 rings (SSSR count). The van der Waals surface area contributed by atoms with Crippen molar-refractivity contribution >= 4 is 17.3 Å². The summed E-state index contributed by atoms with van der Waals surface area (Å²) >= 11 is 0. The van der Waals surface area contributed by atoms with Crippen molar-refractivity contribution in [2.24, 2.45) is 11.0 Å². The maximum atomic E-state index is 11.8. The van der Waals surface area contributed by atoms with E-state index in [0.717, 1.165) is 12.1 Å². The highest BCUT2D eigenvalue weighted by Gasteiger charge is 2.09. The standard InChI is InChI=1S/C13H17N3O3/c1-4-12(9(2)3)14-15-13(17)10-5-7-11(8-6-10)16(18)19/h5-9H,4H2,1-3H3,(H,15,17)/b14-12-. The second-order valence-corrected chi connectivity index (χ2v) is 4.36. The van der Waals surface area contributed by atoms with Crippen LogP contribution >= 0.6 is 0 Å². The van der Waals surface area contributed by atoms with Crippen LogP contribution in [0.2, 0.25) is 0 Å². The van der Waals surface area contributed by atoms with Gasteiger partial charge in [0.1, 0.15) is 0 Å². The summed E-state index contributed by atoms with van der Waals surface area (Å²) in [5, 5.41) is 14.6. The minimum atomic E-state index is -0.506. The van der Waals surface area contributed by atoms with Gasteiger partial charge in [-0.2, -0.15) is 5.10 Å². The van der Waals surface area contributed by atoms with E-state index in [2.05, 4.69) is 10.5 Å². The van der Waals surface area contributed by atoms with Crippen LogP contribution in [0.3, 0.4) is 0 Å². The number of nitrogens with one attached hydrogen (secondary N) is 1. The van der Waals surface area contributed by atoms with Gasteiger partial charge in [0.2, 0.25) is 0 Å². The Labute approximate surface area is 111 Å². The number of non-ortho nitro benzene ring substituents is 1. The molecule has 0 aliphatic heterocycles. The van der Waals surface area contributed by atoms with E-state index in [1.54, 1.807) is 0 Å². The molecule has 6 nitrogen and oxygen atoms in total. The summed E-state index contributed by atoms with van der Waals surface area (Å²) in [6.07, 6.45) is 0.762. The van der Waals surface area contributed by atoms with E-state index in [-0.39, 0.29) is 17.5 Å². The Bertz CT molecular complexity index is 492. The highest BCUT2D eigenvalue weighted by atomic mass is 16.6. The van der Waals surface area contributed by atoms with Crippen LogP contribution in [0.1, 0.15) is 37.6 Å². The first kappa shape index (κ1) is 14.8. The summed E-state index contributed by atoms with van der Waals surface area (Å²) in [7, 11) is 0. The molecule has 0 spiro atoms. The third-order valence-electron chi connectivity index (χ3n) is 2.67. The van der Waals surface area contributed by atoms with Crippen molar-refractivity contribution < 1.29 is 9.72 Å². The molecule has 0 unspecified atom stereocenters. The molecule has 1 amide bonds. The largest absolute Gasteiger partial charge is 0.271 e. The van der Waals surface area contributed by atoms with Crippen LogP contribution in [0.5, 0.6) is 0 Å². The molecule has 0 radical (unpaired) electrons. The number of hydrazone groups is 1. The first-order valence-corrected chi connectivity index (χ1v) is 6.07. The number of nitrogens with zero attached hydrogens (tertiary/aromatic N) is 2. The summed E-state index contributed by atoms with van der Waals surface area (Å²) in [5.41, 5.74) is 3.65. The number of hydrogen-bond donors (Lipinski definition) is 1. The lowest BCUT2D eigenvalue weighted by Crippen LogP contribution is -2.21. The molecule has 1 aromatic carbocycles. The molecule has 0 bridgehead atoms. The fourth-order valence-electron chi connectivity index (χ4n) is 1.54. The Kier molecular flexibility index (Phi) is 5.17. The number of benzene rings is 1. The minimum absolute atomic E-state index is 0.0449. The molecule has 1 aromatic rings. The number of hydrogen-bond acceptors (Lipinski definition) is 4. The van der Waals surface area contributed by atoms with Crippen molar-refractivity contribution in [1.82, 2.24) is 5.43 Å². The lowest BCUT2D eigenvalue weighted by atomic mass is 10.1. The zero-order valence-corrected chi connectivity index (χ0v) is 11.2. The molecule has 102 valence electrons. The molecular formula is C13H17N3O3. The Morgan fingerprint density at radius 2 is 1.95 bits per heavy atom. The highest BCUT2D eigenvalue weighted by Crippen LogP contribution is 2.11. The van der Waals surface area contributed by atoms with E-state index >= 15 is 0 Å². The molecule has 19 heavy (non-hydrogen) atoms. The Balaban J connectivity index is 2.76. The van der Waals surface area contributed by atoms with Gasteiger partial charge in [0.05, 0.1) is 4.92 Å². The van der Waals surface area contributed by atoms with E-state index < -0.39 is 4.92 Å². The molecule has 0 aromatic heterocycles. The average Bonchev–Trinajstić information content (AvgIpc) is 2.38. The Hall–Kier alpha value is -2.24. The quantitative estimate of drug-likeness (QED) is 0.503. The first-order chi connectivity index (χ1) is 8.95. The Morgan fingerprint density at radius 3 is 2.37 bits per heavy atom. The SMILES string of the molecule is CC/C(=N/NC(=O)c1ccc([N+](=O)[O-])cc1)C(C)C. The zero-order valence-electron chi connectivity index (χ0n) is 11.2. The summed E-state index contributed by atoms with van der Waals surface area (Å²) in [5.74, 6) is -0.108. The van der Waals surface area contributed by atoms with Gasteiger partial charge in [-0.05, 0) is 24.5 Å². The molecule has 0 aliphatic carbocycles. The molecule has 0 atom stereocenters. The van der Waals surface area contributed by atoms with E-state index in [9.17, 15) is 14.9 Å². The molecule has 0 fully saturated rings. The maximum absolute atomic E-state index is 11.8. The normalized spacial score (nSPS) is 11.5. The summed E-state index contributed by atoms with van der Waals surface area (Å²) in [4.78, 5) is 21.8. The summed E-state index contributed by atoms with van der Waals surface area (Å²) in [6.45, 7) is 5.97. The predicted molar refractivity (Wildman–Crippen MR) is 73.1 cm³/mol. The van der Waals surface area contributed by atoms with E-state index in [1.807, 2.05) is 20.8 Å².